The van der Waals surface area contributed by atoms with E-state index in [4.69, 9.17) is 5.11 Å². The summed E-state index contributed by atoms with van der Waals surface area (Å²) in [6.07, 6.45) is 7.49. The highest BCUT2D eigenvalue weighted by Gasteiger charge is 2.39. The Hall–Kier alpha value is -0.620. The van der Waals surface area contributed by atoms with Crippen molar-refractivity contribution in [3.8, 4) is 0 Å². The fourth-order valence-corrected chi connectivity index (χ4v) is 4.30. The molecule has 0 aromatic heterocycles. The molecular weight excluding hydrogens is 254 g/mol. The molecule has 0 amide bonds. The van der Waals surface area contributed by atoms with E-state index in [1.165, 1.54) is 23.6 Å². The summed E-state index contributed by atoms with van der Waals surface area (Å²) in [7, 11) is -3.62. The largest absolute Gasteiger partial charge is 0.480 e. The van der Waals surface area contributed by atoms with Crippen molar-refractivity contribution in [1.29, 1.82) is 0 Å². The summed E-state index contributed by atoms with van der Waals surface area (Å²) in [5.41, 5.74) is 0. The molecule has 18 heavy (non-hydrogen) atoms. The minimum Gasteiger partial charge on any atom is -0.480 e. The Balaban J connectivity index is 2.01. The smallest absolute Gasteiger partial charge is 0.320 e. The molecule has 0 aliphatic heterocycles. The molecular formula is C12H21NO4S. The normalized spacial score (nSPS) is 22.3. The fraction of sp³-hybridized carbons (Fsp3) is 0.917. The summed E-state index contributed by atoms with van der Waals surface area (Å²) >= 11 is 0. The molecule has 2 saturated carbocycles. The SMILES string of the molecule is O=C(O)CS(=O)(=O)N(CC1CCCCC1)C1CC1. The van der Waals surface area contributed by atoms with Crippen LogP contribution in [-0.2, 0) is 14.8 Å². The van der Waals surface area contributed by atoms with Gasteiger partial charge in [0.2, 0.25) is 10.0 Å². The first-order chi connectivity index (χ1) is 8.49. The lowest BCUT2D eigenvalue weighted by atomic mass is 9.89. The van der Waals surface area contributed by atoms with Crippen molar-refractivity contribution in [3.63, 3.8) is 0 Å². The molecule has 2 rings (SSSR count). The van der Waals surface area contributed by atoms with E-state index >= 15 is 0 Å². The molecule has 1 N–H and O–H groups in total. The lowest BCUT2D eigenvalue weighted by Crippen LogP contribution is -2.40. The number of hydrogen-bond acceptors (Lipinski definition) is 3. The zero-order valence-corrected chi connectivity index (χ0v) is 11.4. The van der Waals surface area contributed by atoms with E-state index in [-0.39, 0.29) is 6.04 Å². The first kappa shape index (κ1) is 13.8. The van der Waals surface area contributed by atoms with E-state index in [2.05, 4.69) is 0 Å². The summed E-state index contributed by atoms with van der Waals surface area (Å²) in [4.78, 5) is 10.6. The van der Waals surface area contributed by atoms with Gasteiger partial charge in [-0.2, -0.15) is 4.31 Å². The summed E-state index contributed by atoms with van der Waals surface area (Å²) in [5, 5.41) is 8.70. The summed E-state index contributed by atoms with van der Waals surface area (Å²) < 4.78 is 25.6. The third-order valence-corrected chi connectivity index (χ3v) is 5.55. The highest BCUT2D eigenvalue weighted by Crippen LogP contribution is 2.33. The standard InChI is InChI=1S/C12H21NO4S/c14-12(15)9-18(16,17)13(11-6-7-11)8-10-4-2-1-3-5-10/h10-11H,1-9H2,(H,14,15). The van der Waals surface area contributed by atoms with E-state index in [1.54, 1.807) is 0 Å². The lowest BCUT2D eigenvalue weighted by molar-refractivity contribution is -0.134. The number of carboxylic acid groups (broad SMARTS) is 1. The fourth-order valence-electron chi connectivity index (χ4n) is 2.72. The monoisotopic (exact) mass is 275 g/mol. The van der Waals surface area contributed by atoms with Gasteiger partial charge in [-0.05, 0) is 31.6 Å². The predicted molar refractivity (Wildman–Crippen MR) is 67.7 cm³/mol. The van der Waals surface area contributed by atoms with Gasteiger partial charge in [0.25, 0.3) is 0 Å². The molecule has 0 radical (unpaired) electrons. The Morgan fingerprint density at radius 3 is 2.22 bits per heavy atom. The third kappa shape index (κ3) is 3.68. The molecule has 0 bridgehead atoms. The van der Waals surface area contributed by atoms with Crippen LogP contribution < -0.4 is 0 Å². The molecule has 0 unspecified atom stereocenters. The maximum atomic E-state index is 12.0. The first-order valence-corrected chi connectivity index (χ1v) is 8.31. The number of aliphatic carboxylic acids is 1. The van der Waals surface area contributed by atoms with Crippen molar-refractivity contribution >= 4 is 16.0 Å². The van der Waals surface area contributed by atoms with Crippen molar-refractivity contribution in [2.24, 2.45) is 5.92 Å². The molecule has 6 heteroatoms. The second-order valence-corrected chi connectivity index (χ2v) is 7.38. The van der Waals surface area contributed by atoms with Crippen LogP contribution >= 0.6 is 0 Å². The Bertz CT molecular complexity index is 396. The van der Waals surface area contributed by atoms with Gasteiger partial charge in [0.05, 0.1) is 0 Å². The number of hydrogen-bond donors (Lipinski definition) is 1. The number of sulfonamides is 1. The highest BCUT2D eigenvalue weighted by molar-refractivity contribution is 7.89. The molecule has 0 atom stereocenters. The van der Waals surface area contributed by atoms with Gasteiger partial charge >= 0.3 is 5.97 Å². The van der Waals surface area contributed by atoms with Gasteiger partial charge in [0.15, 0.2) is 5.75 Å². The van der Waals surface area contributed by atoms with E-state index < -0.39 is 21.7 Å². The van der Waals surface area contributed by atoms with Crippen LogP contribution in [0.5, 0.6) is 0 Å². The molecule has 0 aromatic rings. The minimum atomic E-state index is -3.62. The molecule has 5 nitrogen and oxygen atoms in total. The highest BCUT2D eigenvalue weighted by atomic mass is 32.2. The molecule has 2 fully saturated rings. The molecule has 104 valence electrons. The van der Waals surface area contributed by atoms with Crippen LogP contribution in [0.1, 0.15) is 44.9 Å². The average Bonchev–Trinajstić information content (AvgIpc) is 3.09. The van der Waals surface area contributed by atoms with Crippen molar-refractivity contribution < 1.29 is 18.3 Å². The van der Waals surface area contributed by atoms with E-state index in [0.717, 1.165) is 25.7 Å². The van der Waals surface area contributed by atoms with Gasteiger partial charge in [-0.15, -0.1) is 0 Å². The van der Waals surface area contributed by atoms with Gasteiger partial charge in [0.1, 0.15) is 0 Å². The second kappa shape index (κ2) is 5.57. The van der Waals surface area contributed by atoms with Gasteiger partial charge in [-0.25, -0.2) is 8.42 Å². The van der Waals surface area contributed by atoms with Crippen molar-refractivity contribution in [3.05, 3.63) is 0 Å². The number of carbonyl (C=O) groups is 1. The molecule has 0 aromatic carbocycles. The van der Waals surface area contributed by atoms with E-state index in [9.17, 15) is 13.2 Å². The number of nitrogens with zero attached hydrogens (tertiary/aromatic N) is 1. The first-order valence-electron chi connectivity index (χ1n) is 6.70. The van der Waals surface area contributed by atoms with Crippen LogP contribution in [0.4, 0.5) is 0 Å². The molecule has 0 spiro atoms. The van der Waals surface area contributed by atoms with Crippen LogP contribution in [0.2, 0.25) is 0 Å². The Kier molecular flexibility index (Phi) is 4.27. The second-order valence-electron chi connectivity index (χ2n) is 5.45. The molecule has 2 aliphatic carbocycles. The third-order valence-electron chi connectivity index (χ3n) is 3.78. The lowest BCUT2D eigenvalue weighted by Gasteiger charge is -2.28. The maximum Gasteiger partial charge on any atom is 0.320 e. The number of carboxylic acids is 1. The Labute approximate surface area is 108 Å². The Morgan fingerprint density at radius 2 is 1.72 bits per heavy atom. The molecule has 2 aliphatic rings. The summed E-state index contributed by atoms with van der Waals surface area (Å²) in [5.74, 6) is -1.61. The van der Waals surface area contributed by atoms with Crippen LogP contribution in [0, 0.1) is 5.92 Å². The molecule has 0 saturated heterocycles. The van der Waals surface area contributed by atoms with E-state index in [1.807, 2.05) is 0 Å². The van der Waals surface area contributed by atoms with Crippen molar-refractivity contribution in [1.82, 2.24) is 4.31 Å². The maximum absolute atomic E-state index is 12.0. The molecule has 0 heterocycles. The summed E-state index contributed by atoms with van der Waals surface area (Å²) in [6.45, 7) is 0.528. The van der Waals surface area contributed by atoms with Crippen LogP contribution in [-0.4, -0.2) is 42.1 Å². The van der Waals surface area contributed by atoms with Crippen molar-refractivity contribution in [2.45, 2.75) is 51.0 Å². The van der Waals surface area contributed by atoms with Crippen LogP contribution in [0.3, 0.4) is 0 Å². The van der Waals surface area contributed by atoms with Crippen LogP contribution in [0.25, 0.3) is 0 Å². The van der Waals surface area contributed by atoms with Gasteiger partial charge in [0, 0.05) is 12.6 Å². The van der Waals surface area contributed by atoms with Gasteiger partial charge < -0.3 is 5.11 Å². The van der Waals surface area contributed by atoms with E-state index in [0.29, 0.717) is 12.5 Å². The number of rotatable bonds is 6. The topological polar surface area (TPSA) is 74.7 Å². The van der Waals surface area contributed by atoms with Crippen LogP contribution in [0.15, 0.2) is 0 Å². The minimum absolute atomic E-state index is 0.0660. The zero-order chi connectivity index (χ0) is 13.2. The Morgan fingerprint density at radius 1 is 1.11 bits per heavy atom. The zero-order valence-electron chi connectivity index (χ0n) is 10.5. The quantitative estimate of drug-likeness (QED) is 0.796. The predicted octanol–water partition coefficient (Wildman–Crippen LogP) is 1.45. The van der Waals surface area contributed by atoms with Gasteiger partial charge in [-0.1, -0.05) is 19.3 Å². The average molecular weight is 275 g/mol. The van der Waals surface area contributed by atoms with Crippen molar-refractivity contribution in [2.75, 3.05) is 12.3 Å². The van der Waals surface area contributed by atoms with Gasteiger partial charge in [-0.3, -0.25) is 4.79 Å². The summed E-state index contributed by atoms with van der Waals surface area (Å²) in [6, 6.07) is 0.0660.